The minimum absolute atomic E-state index is 0. The predicted molar refractivity (Wildman–Crippen MR) is 132 cm³/mol. The van der Waals surface area contributed by atoms with E-state index in [0.717, 1.165) is 28.0 Å². The largest absolute Gasteiger partial charge is 0.495 e. The molecular weight excluding hydrogens is 484 g/mol. The molecule has 1 heterocycles. The van der Waals surface area contributed by atoms with Crippen LogP contribution in [-0.4, -0.2) is 19.2 Å². The van der Waals surface area contributed by atoms with Gasteiger partial charge in [-0.05, 0) is 24.3 Å². The summed E-state index contributed by atoms with van der Waals surface area (Å²) >= 11 is 7.75. The van der Waals surface area contributed by atoms with E-state index >= 15 is 0 Å². The van der Waals surface area contributed by atoms with Crippen LogP contribution in [0.1, 0.15) is 43.6 Å². The highest BCUT2D eigenvalue weighted by atomic mass is 79.9. The molecule has 0 unspecified atom stereocenters. The molecule has 0 aliphatic heterocycles. The Morgan fingerprint density at radius 2 is 1.70 bits per heavy atom. The van der Waals surface area contributed by atoms with Gasteiger partial charge in [0.15, 0.2) is 5.13 Å². The van der Waals surface area contributed by atoms with Crippen molar-refractivity contribution in [3.05, 3.63) is 52.4 Å². The monoisotopic (exact) mass is 508 g/mol. The number of ether oxygens (including phenoxy) is 2. The summed E-state index contributed by atoms with van der Waals surface area (Å²) in [6.45, 7) is 0. The van der Waals surface area contributed by atoms with Crippen LogP contribution in [0.15, 0.2) is 41.8 Å². The number of nitrogens with zero attached hydrogens (tertiary/aromatic N) is 1. The first-order valence-corrected chi connectivity index (χ1v) is 11.2. The van der Waals surface area contributed by atoms with Gasteiger partial charge in [-0.2, -0.15) is 0 Å². The van der Waals surface area contributed by atoms with Crippen LogP contribution in [0.4, 0.5) is 10.8 Å². The van der Waals surface area contributed by atoms with E-state index in [1.54, 1.807) is 31.6 Å². The summed E-state index contributed by atoms with van der Waals surface area (Å²) in [5.41, 5.74) is 4.32. The van der Waals surface area contributed by atoms with Gasteiger partial charge in [0.2, 0.25) is 0 Å². The maximum absolute atomic E-state index is 6.19. The minimum atomic E-state index is 0. The van der Waals surface area contributed by atoms with E-state index in [1.807, 2.05) is 6.07 Å². The smallest absolute Gasteiger partial charge is 0.187 e. The summed E-state index contributed by atoms with van der Waals surface area (Å²) in [6.07, 6.45) is 6.72. The van der Waals surface area contributed by atoms with Crippen LogP contribution < -0.4 is 14.8 Å². The normalized spacial score (nSPS) is 14.1. The lowest BCUT2D eigenvalue weighted by atomic mass is 9.84. The fourth-order valence-electron chi connectivity index (χ4n) is 3.90. The molecule has 30 heavy (non-hydrogen) atoms. The molecule has 1 fully saturated rings. The molecule has 0 radical (unpaired) electrons. The van der Waals surface area contributed by atoms with Crippen molar-refractivity contribution in [3.63, 3.8) is 0 Å². The van der Waals surface area contributed by atoms with E-state index < -0.39 is 0 Å². The first kappa shape index (κ1) is 22.9. The zero-order valence-corrected chi connectivity index (χ0v) is 20.4. The maximum atomic E-state index is 6.19. The molecule has 0 spiro atoms. The Kier molecular flexibility index (Phi) is 8.03. The van der Waals surface area contributed by atoms with Gasteiger partial charge in [-0.3, -0.25) is 0 Å². The second-order valence-corrected chi connectivity index (χ2v) is 8.57. The number of methoxy groups -OCH3 is 2. The van der Waals surface area contributed by atoms with Gasteiger partial charge in [0.1, 0.15) is 11.5 Å². The molecule has 1 aliphatic rings. The number of hydrogen-bond acceptors (Lipinski definition) is 5. The molecule has 2 aromatic carbocycles. The Bertz CT molecular complexity index is 972. The molecular formula is C23H26BrClN2O2S. The van der Waals surface area contributed by atoms with Crippen molar-refractivity contribution in [1.29, 1.82) is 0 Å². The highest BCUT2D eigenvalue weighted by Crippen LogP contribution is 2.39. The van der Waals surface area contributed by atoms with Crippen LogP contribution in [0.3, 0.4) is 0 Å². The zero-order chi connectivity index (χ0) is 20.2. The number of hydrogen-bond donors (Lipinski definition) is 1. The number of benzene rings is 2. The van der Waals surface area contributed by atoms with E-state index in [0.29, 0.717) is 16.5 Å². The van der Waals surface area contributed by atoms with Gasteiger partial charge in [0.05, 0.1) is 30.6 Å². The van der Waals surface area contributed by atoms with Gasteiger partial charge in [0.25, 0.3) is 0 Å². The average Bonchev–Trinajstić information content (AvgIpc) is 3.24. The Morgan fingerprint density at radius 1 is 1.00 bits per heavy atom. The molecule has 0 atom stereocenters. The molecule has 160 valence electrons. The highest BCUT2D eigenvalue weighted by Gasteiger charge is 2.16. The predicted octanol–water partition coefficient (Wildman–Crippen LogP) is 7.85. The number of anilines is 2. The molecule has 1 aliphatic carbocycles. The second-order valence-electron chi connectivity index (χ2n) is 7.31. The van der Waals surface area contributed by atoms with Crippen molar-refractivity contribution in [2.45, 2.75) is 38.0 Å². The highest BCUT2D eigenvalue weighted by molar-refractivity contribution is 8.93. The Balaban J connectivity index is 0.00000256. The second kappa shape index (κ2) is 10.5. The first-order chi connectivity index (χ1) is 14.2. The summed E-state index contributed by atoms with van der Waals surface area (Å²) in [7, 11) is 3.21. The summed E-state index contributed by atoms with van der Waals surface area (Å²) in [5, 5.41) is 6.69. The van der Waals surface area contributed by atoms with E-state index in [1.165, 1.54) is 37.7 Å². The van der Waals surface area contributed by atoms with Crippen molar-refractivity contribution in [2.75, 3.05) is 19.5 Å². The third kappa shape index (κ3) is 5.10. The topological polar surface area (TPSA) is 43.4 Å². The third-order valence-electron chi connectivity index (χ3n) is 5.50. The Hall–Kier alpha value is -1.76. The van der Waals surface area contributed by atoms with Crippen LogP contribution in [0, 0.1) is 0 Å². The van der Waals surface area contributed by atoms with Crippen LogP contribution in [0.25, 0.3) is 11.3 Å². The quantitative estimate of drug-likeness (QED) is 0.367. The molecule has 1 N–H and O–H groups in total. The lowest BCUT2D eigenvalue weighted by Crippen LogP contribution is -2.04. The molecule has 0 bridgehead atoms. The lowest BCUT2D eigenvalue weighted by Gasteiger charge is -2.22. The van der Waals surface area contributed by atoms with Gasteiger partial charge < -0.3 is 14.8 Å². The number of rotatable bonds is 6. The van der Waals surface area contributed by atoms with Crippen LogP contribution in [-0.2, 0) is 0 Å². The van der Waals surface area contributed by atoms with Gasteiger partial charge in [-0.15, -0.1) is 28.3 Å². The molecule has 3 aromatic rings. The van der Waals surface area contributed by atoms with Gasteiger partial charge in [-0.25, -0.2) is 4.98 Å². The molecule has 4 nitrogen and oxygen atoms in total. The number of thiazole rings is 1. The number of halogens is 2. The van der Waals surface area contributed by atoms with Crippen molar-refractivity contribution in [3.8, 4) is 22.8 Å². The van der Waals surface area contributed by atoms with Gasteiger partial charge in [0, 0.05) is 23.1 Å². The van der Waals surface area contributed by atoms with Gasteiger partial charge in [-0.1, -0.05) is 55.1 Å². The minimum Gasteiger partial charge on any atom is -0.495 e. The fraction of sp³-hybridized carbons (Fsp3) is 0.348. The van der Waals surface area contributed by atoms with Crippen LogP contribution >= 0.6 is 39.9 Å². The average molecular weight is 510 g/mol. The molecule has 0 saturated heterocycles. The van der Waals surface area contributed by atoms with E-state index in [-0.39, 0.29) is 17.0 Å². The lowest BCUT2D eigenvalue weighted by molar-refractivity contribution is 0.405. The third-order valence-corrected chi connectivity index (χ3v) is 6.56. The molecule has 0 amide bonds. The summed E-state index contributed by atoms with van der Waals surface area (Å²) in [4.78, 5) is 4.75. The van der Waals surface area contributed by atoms with Gasteiger partial charge >= 0.3 is 0 Å². The van der Waals surface area contributed by atoms with E-state index in [9.17, 15) is 0 Å². The summed E-state index contributed by atoms with van der Waals surface area (Å²) in [5.74, 6) is 1.95. The Morgan fingerprint density at radius 3 is 2.37 bits per heavy atom. The maximum Gasteiger partial charge on any atom is 0.187 e. The van der Waals surface area contributed by atoms with Crippen LogP contribution in [0.5, 0.6) is 11.5 Å². The van der Waals surface area contributed by atoms with Crippen LogP contribution in [0.2, 0.25) is 5.02 Å². The Labute approximate surface area is 197 Å². The van der Waals surface area contributed by atoms with Crippen molar-refractivity contribution < 1.29 is 9.47 Å². The first-order valence-electron chi connectivity index (χ1n) is 9.92. The van der Waals surface area contributed by atoms with Crippen molar-refractivity contribution in [1.82, 2.24) is 4.98 Å². The molecule has 1 aromatic heterocycles. The van der Waals surface area contributed by atoms with Crippen molar-refractivity contribution >= 4 is 50.7 Å². The standard InChI is InChI=1S/C23H25ClN2O2S.BrH/c1-27-21-13-19(22(28-2)12-18(21)24)25-23-26-20(14-29-23)17-10-8-16(9-11-17)15-6-4-3-5-7-15;/h8-15H,3-7H2,1-2H3,(H,25,26);1H. The fourth-order valence-corrected chi connectivity index (χ4v) is 4.86. The molecule has 7 heteroatoms. The number of nitrogens with one attached hydrogen (secondary N) is 1. The van der Waals surface area contributed by atoms with E-state index in [4.69, 9.17) is 26.1 Å². The van der Waals surface area contributed by atoms with Crippen molar-refractivity contribution in [2.24, 2.45) is 0 Å². The summed E-state index contributed by atoms with van der Waals surface area (Å²) in [6, 6.07) is 12.5. The molecule has 1 saturated carbocycles. The molecule has 4 rings (SSSR count). The SMILES string of the molecule is Br.COc1cc(Nc2nc(-c3ccc(C4CCCCC4)cc3)cs2)c(OC)cc1Cl. The van der Waals surface area contributed by atoms with E-state index in [2.05, 4.69) is 35.0 Å². The zero-order valence-electron chi connectivity index (χ0n) is 17.1. The summed E-state index contributed by atoms with van der Waals surface area (Å²) < 4.78 is 10.7. The number of aromatic nitrogens is 1.